The zero-order valence-electron chi connectivity index (χ0n) is 15.5. The van der Waals surface area contributed by atoms with E-state index in [0.29, 0.717) is 16.6 Å². The Morgan fingerprint density at radius 1 is 1.04 bits per heavy atom. The number of quaternary nitrogens is 1. The minimum Gasteiger partial charge on any atom is -0.328 e. The molecule has 1 aliphatic heterocycles. The zero-order valence-corrected chi connectivity index (χ0v) is 15.5. The maximum atomic E-state index is 11.9. The van der Waals surface area contributed by atoms with Crippen LogP contribution in [0, 0.1) is 28.6 Å². The van der Waals surface area contributed by atoms with Crippen molar-refractivity contribution in [2.24, 2.45) is 28.6 Å². The molecule has 3 aliphatic carbocycles. The van der Waals surface area contributed by atoms with Crippen molar-refractivity contribution >= 4 is 5.78 Å². The van der Waals surface area contributed by atoms with Gasteiger partial charge in [0.2, 0.25) is 0 Å². The Hall–Kier alpha value is -0.630. The summed E-state index contributed by atoms with van der Waals surface area (Å²) in [5, 5.41) is 0. The lowest BCUT2D eigenvalue weighted by Gasteiger charge is -2.61. The molecule has 0 unspecified atom stereocenters. The molecule has 0 aromatic rings. The van der Waals surface area contributed by atoms with Crippen LogP contribution in [0.25, 0.3) is 0 Å². The molecule has 2 saturated carbocycles. The lowest BCUT2D eigenvalue weighted by Crippen LogP contribution is -2.61. The Morgan fingerprint density at radius 3 is 2.61 bits per heavy atom. The number of rotatable bonds is 0. The van der Waals surface area contributed by atoms with Gasteiger partial charge < -0.3 is 4.48 Å². The molecule has 4 rings (SSSR count). The molecule has 0 amide bonds. The van der Waals surface area contributed by atoms with Crippen LogP contribution in [0.1, 0.15) is 58.8 Å². The summed E-state index contributed by atoms with van der Waals surface area (Å²) >= 11 is 0. The van der Waals surface area contributed by atoms with Gasteiger partial charge in [-0.1, -0.05) is 19.4 Å². The van der Waals surface area contributed by atoms with Gasteiger partial charge in [0.1, 0.15) is 0 Å². The first-order valence-corrected chi connectivity index (χ1v) is 9.79. The quantitative estimate of drug-likeness (QED) is 0.612. The summed E-state index contributed by atoms with van der Waals surface area (Å²) in [4.78, 5) is 11.9. The van der Waals surface area contributed by atoms with Crippen LogP contribution in [0.4, 0.5) is 0 Å². The first kappa shape index (κ1) is 15.9. The largest absolute Gasteiger partial charge is 0.328 e. The monoisotopic (exact) mass is 316 g/mol. The molecule has 2 nitrogen and oxygen atoms in total. The Morgan fingerprint density at radius 2 is 1.83 bits per heavy atom. The number of nitrogens with zero attached hydrogens (tertiary/aromatic N) is 1. The number of hydrogen-bond acceptors (Lipinski definition) is 1. The highest BCUT2D eigenvalue weighted by Gasteiger charge is 2.57. The van der Waals surface area contributed by atoms with Crippen LogP contribution in [-0.4, -0.2) is 37.5 Å². The van der Waals surface area contributed by atoms with Crippen LogP contribution >= 0.6 is 0 Å². The number of fused-ring (bicyclic) bond motifs is 5. The van der Waals surface area contributed by atoms with E-state index in [4.69, 9.17) is 0 Å². The fraction of sp³-hybridized carbons (Fsp3) is 0.857. The molecule has 0 spiro atoms. The Kier molecular flexibility index (Phi) is 3.41. The van der Waals surface area contributed by atoms with Crippen LogP contribution in [0.3, 0.4) is 0 Å². The molecule has 23 heavy (non-hydrogen) atoms. The van der Waals surface area contributed by atoms with Gasteiger partial charge in [-0.05, 0) is 61.3 Å². The van der Waals surface area contributed by atoms with Crippen LogP contribution in [-0.2, 0) is 4.79 Å². The van der Waals surface area contributed by atoms with Gasteiger partial charge in [0.25, 0.3) is 0 Å². The predicted octanol–water partition coefficient (Wildman–Crippen LogP) is 4.20. The molecule has 0 aromatic carbocycles. The van der Waals surface area contributed by atoms with Crippen molar-refractivity contribution < 1.29 is 9.28 Å². The van der Waals surface area contributed by atoms with Crippen molar-refractivity contribution in [1.82, 2.24) is 0 Å². The standard InChI is InChI=1S/C21H34NO/c1-20-10-8-19-17(18(20)9-12-22(3,4)14-20)6-5-15-13-16(23)7-11-21(15,19)2/h13,17-19H,5-12,14H2,1-4H3/q+1/t17-,18-,19-,20+,21-/m0/s1. The van der Waals surface area contributed by atoms with E-state index in [-0.39, 0.29) is 0 Å². The molecule has 3 fully saturated rings. The lowest BCUT2D eigenvalue weighted by atomic mass is 9.46. The normalized spacial score (nSPS) is 48.8. The maximum Gasteiger partial charge on any atom is 0.155 e. The van der Waals surface area contributed by atoms with E-state index < -0.39 is 0 Å². The summed E-state index contributed by atoms with van der Waals surface area (Å²) in [6.45, 7) is 7.79. The fourth-order valence-electron chi connectivity index (χ4n) is 7.26. The van der Waals surface area contributed by atoms with Gasteiger partial charge in [-0.3, -0.25) is 4.79 Å². The van der Waals surface area contributed by atoms with Gasteiger partial charge in [-0.2, -0.15) is 0 Å². The van der Waals surface area contributed by atoms with E-state index in [1.807, 2.05) is 6.08 Å². The van der Waals surface area contributed by atoms with Gasteiger partial charge >= 0.3 is 0 Å². The van der Waals surface area contributed by atoms with E-state index in [9.17, 15) is 4.79 Å². The SMILES string of the molecule is C[C@]12CC[C@H]3[C@@H](CCC4=CC(=O)CC[C@@]43C)[C@@H]1CC[N+](C)(C)C2. The number of carbonyl (C=O) groups is 1. The zero-order chi connectivity index (χ0) is 16.5. The van der Waals surface area contributed by atoms with Gasteiger partial charge in [0.05, 0.1) is 27.2 Å². The van der Waals surface area contributed by atoms with E-state index in [2.05, 4.69) is 27.9 Å². The molecule has 0 bridgehead atoms. The number of ketones is 1. The van der Waals surface area contributed by atoms with E-state index in [0.717, 1.165) is 30.6 Å². The van der Waals surface area contributed by atoms with E-state index in [1.165, 1.54) is 55.2 Å². The first-order chi connectivity index (χ1) is 10.7. The second-order valence-corrected chi connectivity index (χ2v) is 10.3. The van der Waals surface area contributed by atoms with Crippen LogP contribution < -0.4 is 0 Å². The van der Waals surface area contributed by atoms with Gasteiger partial charge in [-0.15, -0.1) is 0 Å². The van der Waals surface area contributed by atoms with Crippen LogP contribution in [0.5, 0.6) is 0 Å². The summed E-state index contributed by atoms with van der Waals surface area (Å²) in [7, 11) is 4.84. The summed E-state index contributed by atoms with van der Waals surface area (Å²) in [5.41, 5.74) is 2.39. The molecular weight excluding hydrogens is 282 g/mol. The molecule has 2 heteroatoms. The number of hydrogen-bond donors (Lipinski definition) is 0. The Labute approximate surface area is 141 Å². The summed E-state index contributed by atoms with van der Waals surface area (Å²) in [6.07, 6.45) is 10.7. The second-order valence-electron chi connectivity index (χ2n) is 10.3. The first-order valence-electron chi connectivity index (χ1n) is 9.79. The predicted molar refractivity (Wildman–Crippen MR) is 93.9 cm³/mol. The highest BCUT2D eigenvalue weighted by atomic mass is 16.1. The summed E-state index contributed by atoms with van der Waals surface area (Å²) in [6, 6.07) is 0. The lowest BCUT2D eigenvalue weighted by molar-refractivity contribution is -0.905. The molecular formula is C21H34NO+. The molecule has 0 N–H and O–H groups in total. The highest BCUT2D eigenvalue weighted by molar-refractivity contribution is 5.91. The highest BCUT2D eigenvalue weighted by Crippen LogP contribution is 2.63. The van der Waals surface area contributed by atoms with Crippen molar-refractivity contribution in [2.75, 3.05) is 27.2 Å². The number of allylic oxidation sites excluding steroid dienone is 2. The van der Waals surface area contributed by atoms with E-state index in [1.54, 1.807) is 0 Å². The van der Waals surface area contributed by atoms with E-state index >= 15 is 0 Å². The molecule has 1 heterocycles. The smallest absolute Gasteiger partial charge is 0.155 e. The third-order valence-electron chi connectivity index (χ3n) is 8.31. The van der Waals surface area contributed by atoms with Gasteiger partial charge in [0, 0.05) is 18.3 Å². The fourth-order valence-corrected chi connectivity index (χ4v) is 7.26. The van der Waals surface area contributed by atoms with Crippen molar-refractivity contribution in [1.29, 1.82) is 0 Å². The minimum absolute atomic E-state index is 0.333. The van der Waals surface area contributed by atoms with Gasteiger partial charge in [0.15, 0.2) is 5.78 Å². The van der Waals surface area contributed by atoms with Crippen molar-refractivity contribution in [3.8, 4) is 0 Å². The topological polar surface area (TPSA) is 17.1 Å². The average Bonchev–Trinajstić information content (AvgIpc) is 2.45. The number of carbonyl (C=O) groups excluding carboxylic acids is 1. The molecule has 4 aliphatic rings. The van der Waals surface area contributed by atoms with Gasteiger partial charge in [-0.25, -0.2) is 0 Å². The van der Waals surface area contributed by atoms with Crippen molar-refractivity contribution in [3.05, 3.63) is 11.6 Å². The van der Waals surface area contributed by atoms with Crippen molar-refractivity contribution in [3.63, 3.8) is 0 Å². The Balaban J connectivity index is 1.65. The number of likely N-dealkylation sites (tertiary alicyclic amines) is 1. The average molecular weight is 317 g/mol. The summed E-state index contributed by atoms with van der Waals surface area (Å²) in [5.74, 6) is 3.04. The van der Waals surface area contributed by atoms with Crippen LogP contribution in [0.15, 0.2) is 11.6 Å². The second kappa shape index (κ2) is 4.94. The third-order valence-corrected chi connectivity index (χ3v) is 8.31. The van der Waals surface area contributed by atoms with Crippen molar-refractivity contribution in [2.45, 2.75) is 58.8 Å². The minimum atomic E-state index is 0.333. The Bertz CT molecular complexity index is 562. The molecule has 1 saturated heterocycles. The molecule has 0 aromatic heterocycles. The summed E-state index contributed by atoms with van der Waals surface area (Å²) < 4.78 is 1.21. The molecule has 128 valence electrons. The molecule has 5 atom stereocenters. The number of piperidine rings is 1. The molecule has 0 radical (unpaired) electrons. The van der Waals surface area contributed by atoms with Crippen LogP contribution in [0.2, 0.25) is 0 Å². The maximum absolute atomic E-state index is 11.9. The third kappa shape index (κ3) is 2.35.